The Morgan fingerprint density at radius 3 is 2.72 bits per heavy atom. The topological polar surface area (TPSA) is 64.7 Å². The molecule has 3 rings (SSSR count). The lowest BCUT2D eigenvalue weighted by molar-refractivity contribution is 0.295. The fourth-order valence-corrected chi connectivity index (χ4v) is 2.46. The van der Waals surface area contributed by atoms with E-state index in [0.29, 0.717) is 36.8 Å². The second kappa shape index (κ2) is 4.02. The van der Waals surface area contributed by atoms with Gasteiger partial charge in [-0.3, -0.25) is 0 Å². The number of benzene rings is 1. The summed E-state index contributed by atoms with van der Waals surface area (Å²) in [7, 11) is 0. The molecule has 1 heterocycles. The fraction of sp³-hybridized carbons (Fsp3) is 0.538. The monoisotopic (exact) mass is 253 g/mol. The highest BCUT2D eigenvalue weighted by Crippen LogP contribution is 2.56. The molecule has 0 atom stereocenters. The van der Waals surface area contributed by atoms with Crippen LogP contribution in [0.2, 0.25) is 0 Å². The molecule has 0 amide bonds. The zero-order valence-corrected chi connectivity index (χ0v) is 10.0. The van der Waals surface area contributed by atoms with E-state index < -0.39 is 5.82 Å². The molecule has 3 N–H and O–H groups in total. The van der Waals surface area contributed by atoms with Crippen molar-refractivity contribution in [2.45, 2.75) is 24.7 Å². The van der Waals surface area contributed by atoms with Crippen LogP contribution in [0.25, 0.3) is 0 Å². The van der Waals surface area contributed by atoms with E-state index >= 15 is 0 Å². The lowest BCUT2D eigenvalue weighted by atomic mass is 9.93. The van der Waals surface area contributed by atoms with Crippen LogP contribution < -0.4 is 15.2 Å². The van der Waals surface area contributed by atoms with Gasteiger partial charge in [-0.05, 0) is 12.8 Å². The first-order chi connectivity index (χ1) is 8.68. The van der Waals surface area contributed by atoms with Gasteiger partial charge in [-0.25, -0.2) is 4.39 Å². The zero-order chi connectivity index (χ0) is 12.8. The summed E-state index contributed by atoms with van der Waals surface area (Å²) in [5.41, 5.74) is 5.91. The minimum Gasteiger partial charge on any atom is -0.505 e. The van der Waals surface area contributed by atoms with Gasteiger partial charge < -0.3 is 20.3 Å². The van der Waals surface area contributed by atoms with Crippen LogP contribution in [-0.2, 0) is 5.41 Å². The number of fused-ring (bicyclic) bond motifs is 1. The van der Waals surface area contributed by atoms with Crippen molar-refractivity contribution in [2.24, 2.45) is 5.73 Å². The quantitative estimate of drug-likeness (QED) is 0.841. The van der Waals surface area contributed by atoms with Crippen molar-refractivity contribution in [1.82, 2.24) is 0 Å². The Kier molecular flexibility index (Phi) is 2.59. The molecule has 1 aliphatic heterocycles. The summed E-state index contributed by atoms with van der Waals surface area (Å²) in [6.45, 7) is 1.37. The molecule has 4 nitrogen and oxygen atoms in total. The zero-order valence-electron chi connectivity index (χ0n) is 10.0. The van der Waals surface area contributed by atoms with Crippen LogP contribution in [0, 0.1) is 5.82 Å². The first kappa shape index (κ1) is 11.6. The number of nitrogens with two attached hydrogens (primary N) is 1. The van der Waals surface area contributed by atoms with Gasteiger partial charge in [0.15, 0.2) is 23.1 Å². The van der Waals surface area contributed by atoms with Crippen molar-refractivity contribution in [3.63, 3.8) is 0 Å². The second-order valence-electron chi connectivity index (χ2n) is 4.94. The summed E-state index contributed by atoms with van der Waals surface area (Å²) >= 11 is 0. The Labute approximate surface area is 105 Å². The number of phenolic OH excluding ortho intramolecular Hbond substituents is 1. The first-order valence-corrected chi connectivity index (χ1v) is 6.19. The molecule has 0 unspecified atom stereocenters. The minimum absolute atomic E-state index is 0.343. The van der Waals surface area contributed by atoms with Gasteiger partial charge in [0, 0.05) is 24.4 Å². The summed E-state index contributed by atoms with van der Waals surface area (Å²) in [5.74, 6) is -0.178. The van der Waals surface area contributed by atoms with E-state index in [-0.39, 0.29) is 11.2 Å². The molecule has 0 saturated heterocycles. The Hall–Kier alpha value is -1.49. The smallest absolute Gasteiger partial charge is 0.169 e. The van der Waals surface area contributed by atoms with E-state index in [0.717, 1.165) is 19.3 Å². The second-order valence-corrected chi connectivity index (χ2v) is 4.94. The van der Waals surface area contributed by atoms with Gasteiger partial charge >= 0.3 is 0 Å². The molecule has 1 saturated carbocycles. The Bertz CT molecular complexity index is 486. The maximum absolute atomic E-state index is 13.8. The van der Waals surface area contributed by atoms with Gasteiger partial charge in [0.05, 0.1) is 18.8 Å². The third-order valence-electron chi connectivity index (χ3n) is 3.74. The Morgan fingerprint density at radius 1 is 1.33 bits per heavy atom. The van der Waals surface area contributed by atoms with Crippen molar-refractivity contribution in [2.75, 3.05) is 19.8 Å². The molecular weight excluding hydrogens is 237 g/mol. The van der Waals surface area contributed by atoms with Crippen molar-refractivity contribution in [3.05, 3.63) is 17.4 Å². The van der Waals surface area contributed by atoms with Crippen molar-refractivity contribution in [1.29, 1.82) is 0 Å². The van der Waals surface area contributed by atoms with Gasteiger partial charge in [0.2, 0.25) is 0 Å². The number of phenols is 1. The van der Waals surface area contributed by atoms with E-state index in [2.05, 4.69) is 0 Å². The summed E-state index contributed by atoms with van der Waals surface area (Å²) in [5, 5.41) is 9.99. The molecule has 0 radical (unpaired) electrons. The first-order valence-electron chi connectivity index (χ1n) is 6.19. The van der Waals surface area contributed by atoms with Crippen molar-refractivity contribution >= 4 is 0 Å². The van der Waals surface area contributed by atoms with Crippen LogP contribution in [-0.4, -0.2) is 24.9 Å². The highest BCUT2D eigenvalue weighted by Gasteiger charge is 2.48. The summed E-state index contributed by atoms with van der Waals surface area (Å²) in [4.78, 5) is 0. The number of hydrogen-bond donors (Lipinski definition) is 2. The van der Waals surface area contributed by atoms with Crippen molar-refractivity contribution < 1.29 is 19.0 Å². The molecule has 1 aliphatic carbocycles. The number of hydrogen-bond acceptors (Lipinski definition) is 4. The summed E-state index contributed by atoms with van der Waals surface area (Å²) < 4.78 is 24.9. The summed E-state index contributed by atoms with van der Waals surface area (Å²) in [6, 6.07) is 1.19. The van der Waals surface area contributed by atoms with Crippen LogP contribution in [0.3, 0.4) is 0 Å². The van der Waals surface area contributed by atoms with Crippen LogP contribution in [0.15, 0.2) is 6.07 Å². The number of ether oxygens (including phenoxy) is 2. The van der Waals surface area contributed by atoms with Crippen LogP contribution in [0.4, 0.5) is 4.39 Å². The standard InChI is InChI=1S/C13H16FNO3/c14-8-6-9-12(18-5-1-4-17-9)10(11(8)16)13(7-15)2-3-13/h6,16H,1-5,7,15H2. The average Bonchev–Trinajstić information content (AvgIpc) is 3.15. The van der Waals surface area contributed by atoms with E-state index in [4.69, 9.17) is 15.2 Å². The number of halogens is 1. The molecule has 1 aromatic rings. The van der Waals surface area contributed by atoms with Crippen LogP contribution in [0.5, 0.6) is 17.2 Å². The maximum atomic E-state index is 13.8. The largest absolute Gasteiger partial charge is 0.505 e. The van der Waals surface area contributed by atoms with E-state index in [1.807, 2.05) is 0 Å². The SMILES string of the molecule is NCC1(c2c(O)c(F)cc3c2OCCCO3)CC1. The lowest BCUT2D eigenvalue weighted by Crippen LogP contribution is -2.21. The third kappa shape index (κ3) is 1.61. The van der Waals surface area contributed by atoms with E-state index in [1.54, 1.807) is 0 Å². The minimum atomic E-state index is -0.672. The molecule has 2 aliphatic rings. The van der Waals surface area contributed by atoms with Crippen molar-refractivity contribution in [3.8, 4) is 17.2 Å². The van der Waals surface area contributed by atoms with Gasteiger partial charge in [0.1, 0.15) is 0 Å². The molecule has 1 fully saturated rings. The summed E-state index contributed by atoms with van der Waals surface area (Å²) in [6.07, 6.45) is 2.43. The fourth-order valence-electron chi connectivity index (χ4n) is 2.46. The van der Waals surface area contributed by atoms with E-state index in [9.17, 15) is 9.50 Å². The van der Waals surface area contributed by atoms with Gasteiger partial charge in [-0.2, -0.15) is 0 Å². The molecule has 18 heavy (non-hydrogen) atoms. The number of rotatable bonds is 2. The molecular formula is C13H16FNO3. The molecule has 0 aromatic heterocycles. The van der Waals surface area contributed by atoms with Crippen LogP contribution >= 0.6 is 0 Å². The Morgan fingerprint density at radius 2 is 2.06 bits per heavy atom. The van der Waals surface area contributed by atoms with Gasteiger partial charge in [-0.15, -0.1) is 0 Å². The molecule has 98 valence electrons. The normalized spacial score (nSPS) is 20.3. The predicted octanol–water partition coefficient (Wildman–Crippen LogP) is 1.68. The highest BCUT2D eigenvalue weighted by atomic mass is 19.1. The van der Waals surface area contributed by atoms with Gasteiger partial charge in [0.25, 0.3) is 0 Å². The molecule has 0 spiro atoms. The molecule has 0 bridgehead atoms. The van der Waals surface area contributed by atoms with Gasteiger partial charge in [-0.1, -0.05) is 0 Å². The number of aromatic hydroxyl groups is 1. The predicted molar refractivity (Wildman–Crippen MR) is 63.6 cm³/mol. The molecule has 1 aromatic carbocycles. The van der Waals surface area contributed by atoms with Crippen LogP contribution in [0.1, 0.15) is 24.8 Å². The Balaban J connectivity index is 2.19. The maximum Gasteiger partial charge on any atom is 0.169 e. The third-order valence-corrected chi connectivity index (χ3v) is 3.74. The molecule has 5 heteroatoms. The highest BCUT2D eigenvalue weighted by molar-refractivity contribution is 5.59. The lowest BCUT2D eigenvalue weighted by Gasteiger charge is -2.20. The van der Waals surface area contributed by atoms with E-state index in [1.165, 1.54) is 6.07 Å². The average molecular weight is 253 g/mol.